The lowest BCUT2D eigenvalue weighted by Gasteiger charge is -2.17. The van der Waals surface area contributed by atoms with E-state index in [0.717, 1.165) is 16.7 Å². The summed E-state index contributed by atoms with van der Waals surface area (Å²) in [6.45, 7) is 7.35. The van der Waals surface area contributed by atoms with E-state index in [1.54, 1.807) is 6.92 Å². The summed E-state index contributed by atoms with van der Waals surface area (Å²) in [7, 11) is 4.39. The van der Waals surface area contributed by atoms with E-state index >= 15 is 0 Å². The maximum Gasteiger partial charge on any atom is 0.342 e. The van der Waals surface area contributed by atoms with Crippen LogP contribution < -0.4 is 14.2 Å². The van der Waals surface area contributed by atoms with E-state index in [-0.39, 0.29) is 17.1 Å². The maximum absolute atomic E-state index is 12.8. The second kappa shape index (κ2) is 8.78. The Bertz CT molecular complexity index is 900. The third-order valence-corrected chi connectivity index (χ3v) is 4.68. The number of ketones is 1. The fraction of sp³-hybridized carbons (Fsp3) is 0.364. The molecule has 1 atom stereocenters. The lowest BCUT2D eigenvalue weighted by molar-refractivity contribution is 0.0315. The number of Topliss-reactive ketones (excluding diaryl/α,β-unsaturated/α-hetero) is 1. The molecule has 0 N–H and O–H groups in total. The number of esters is 1. The molecule has 2 aromatic rings. The minimum atomic E-state index is -0.953. The highest BCUT2D eigenvalue weighted by Crippen LogP contribution is 2.35. The summed E-state index contributed by atoms with van der Waals surface area (Å²) in [6, 6.07) is 6.79. The van der Waals surface area contributed by atoms with Crippen LogP contribution in [-0.4, -0.2) is 39.2 Å². The summed E-state index contributed by atoms with van der Waals surface area (Å²) in [5, 5.41) is 0. The van der Waals surface area contributed by atoms with Crippen molar-refractivity contribution in [3.05, 3.63) is 52.1 Å². The van der Waals surface area contributed by atoms with Gasteiger partial charge in [-0.3, -0.25) is 4.79 Å². The maximum atomic E-state index is 12.8. The number of carbonyl (C=O) groups excluding carboxylic acids is 2. The van der Waals surface area contributed by atoms with Gasteiger partial charge in [0.2, 0.25) is 5.78 Å². The molecule has 6 heteroatoms. The predicted octanol–water partition coefficient (Wildman–Crippen LogP) is 4.07. The van der Waals surface area contributed by atoms with Gasteiger partial charge in [0.25, 0.3) is 0 Å². The molecule has 0 saturated heterocycles. The van der Waals surface area contributed by atoms with Crippen LogP contribution in [0.3, 0.4) is 0 Å². The van der Waals surface area contributed by atoms with Crippen molar-refractivity contribution in [3.8, 4) is 17.2 Å². The second-order valence-electron chi connectivity index (χ2n) is 6.57. The van der Waals surface area contributed by atoms with Crippen molar-refractivity contribution in [2.45, 2.75) is 33.8 Å². The van der Waals surface area contributed by atoms with Crippen LogP contribution >= 0.6 is 0 Å². The fourth-order valence-corrected chi connectivity index (χ4v) is 2.91. The largest absolute Gasteiger partial charge is 0.496 e. The highest BCUT2D eigenvalue weighted by Gasteiger charge is 2.25. The topological polar surface area (TPSA) is 71.1 Å². The number of methoxy groups -OCH3 is 3. The van der Waals surface area contributed by atoms with Gasteiger partial charge < -0.3 is 18.9 Å². The third kappa shape index (κ3) is 4.27. The Morgan fingerprint density at radius 1 is 0.714 bits per heavy atom. The molecule has 0 spiro atoms. The average molecular weight is 386 g/mol. The molecule has 2 aromatic carbocycles. The Kier molecular flexibility index (Phi) is 6.67. The van der Waals surface area contributed by atoms with E-state index in [1.807, 2.05) is 32.9 Å². The lowest BCUT2D eigenvalue weighted by Crippen LogP contribution is -2.25. The van der Waals surface area contributed by atoms with Gasteiger partial charge in [0, 0.05) is 17.7 Å². The van der Waals surface area contributed by atoms with Crippen LogP contribution in [0.2, 0.25) is 0 Å². The molecule has 28 heavy (non-hydrogen) atoms. The molecule has 0 aromatic heterocycles. The van der Waals surface area contributed by atoms with Crippen LogP contribution in [0.1, 0.15) is 44.3 Å². The first kappa shape index (κ1) is 21.3. The second-order valence-corrected chi connectivity index (χ2v) is 6.57. The van der Waals surface area contributed by atoms with E-state index in [4.69, 9.17) is 18.9 Å². The number of hydrogen-bond donors (Lipinski definition) is 0. The standard InChI is InChI=1S/C22H26O6/c1-12-8-14(3)16(9-13(12)2)21(23)15(4)28-22(24)17-10-19(26-6)20(27-7)11-18(17)25-5/h8-11,15H,1-7H3/t15-/m1/s1. The molecule has 0 aliphatic heterocycles. The predicted molar refractivity (Wildman–Crippen MR) is 106 cm³/mol. The average Bonchev–Trinajstić information content (AvgIpc) is 2.68. The molecule has 0 radical (unpaired) electrons. The van der Waals surface area contributed by atoms with E-state index < -0.39 is 12.1 Å². The Balaban J connectivity index is 2.29. The normalized spacial score (nSPS) is 11.5. The van der Waals surface area contributed by atoms with Gasteiger partial charge >= 0.3 is 5.97 Å². The summed E-state index contributed by atoms with van der Waals surface area (Å²) in [5.41, 5.74) is 3.65. The van der Waals surface area contributed by atoms with E-state index in [9.17, 15) is 9.59 Å². The molecule has 6 nitrogen and oxygen atoms in total. The highest BCUT2D eigenvalue weighted by molar-refractivity contribution is 6.03. The monoisotopic (exact) mass is 386 g/mol. The number of ether oxygens (including phenoxy) is 4. The Labute approximate surface area is 165 Å². The molecule has 0 amide bonds. The quantitative estimate of drug-likeness (QED) is 0.528. The van der Waals surface area contributed by atoms with Gasteiger partial charge in [-0.25, -0.2) is 4.79 Å². The molecule has 0 fully saturated rings. The first-order chi connectivity index (χ1) is 13.2. The molecular weight excluding hydrogens is 360 g/mol. The Hall–Kier alpha value is -3.02. The minimum Gasteiger partial charge on any atom is -0.496 e. The molecule has 0 aliphatic carbocycles. The van der Waals surface area contributed by atoms with Crippen LogP contribution in [0.25, 0.3) is 0 Å². The van der Waals surface area contributed by atoms with Crippen LogP contribution in [0.5, 0.6) is 17.2 Å². The molecule has 0 bridgehead atoms. The lowest BCUT2D eigenvalue weighted by atomic mass is 9.96. The Morgan fingerprint density at radius 2 is 1.25 bits per heavy atom. The van der Waals surface area contributed by atoms with Crippen LogP contribution in [0, 0.1) is 20.8 Å². The van der Waals surface area contributed by atoms with Gasteiger partial charge in [-0.1, -0.05) is 6.07 Å². The first-order valence-electron chi connectivity index (χ1n) is 8.86. The van der Waals surface area contributed by atoms with Gasteiger partial charge in [-0.2, -0.15) is 0 Å². The van der Waals surface area contributed by atoms with Crippen molar-refractivity contribution >= 4 is 11.8 Å². The molecule has 0 unspecified atom stereocenters. The molecule has 0 aliphatic rings. The summed E-state index contributed by atoms with van der Waals surface area (Å²) in [5.74, 6) is 0.114. The highest BCUT2D eigenvalue weighted by atomic mass is 16.5. The first-order valence-corrected chi connectivity index (χ1v) is 8.86. The van der Waals surface area contributed by atoms with Crippen molar-refractivity contribution in [2.24, 2.45) is 0 Å². The number of aryl methyl sites for hydroxylation is 3. The molecule has 2 rings (SSSR count). The van der Waals surface area contributed by atoms with Gasteiger partial charge in [-0.05, 0) is 50.5 Å². The molecular formula is C22H26O6. The van der Waals surface area contributed by atoms with Gasteiger partial charge in [0.15, 0.2) is 17.6 Å². The summed E-state index contributed by atoms with van der Waals surface area (Å²) in [6.07, 6.45) is -0.953. The van der Waals surface area contributed by atoms with Crippen molar-refractivity contribution in [3.63, 3.8) is 0 Å². The summed E-state index contributed by atoms with van der Waals surface area (Å²) < 4.78 is 21.1. The summed E-state index contributed by atoms with van der Waals surface area (Å²) in [4.78, 5) is 25.5. The van der Waals surface area contributed by atoms with Crippen molar-refractivity contribution in [1.29, 1.82) is 0 Å². The molecule has 0 heterocycles. The Morgan fingerprint density at radius 3 is 1.82 bits per heavy atom. The fourth-order valence-electron chi connectivity index (χ4n) is 2.91. The van der Waals surface area contributed by atoms with Crippen LogP contribution in [-0.2, 0) is 4.74 Å². The van der Waals surface area contributed by atoms with E-state index in [0.29, 0.717) is 17.1 Å². The number of benzene rings is 2. The smallest absolute Gasteiger partial charge is 0.342 e. The van der Waals surface area contributed by atoms with Gasteiger partial charge in [0.1, 0.15) is 11.3 Å². The number of hydrogen-bond acceptors (Lipinski definition) is 6. The zero-order valence-corrected chi connectivity index (χ0v) is 17.3. The van der Waals surface area contributed by atoms with Crippen LogP contribution in [0.15, 0.2) is 24.3 Å². The number of rotatable bonds is 7. The number of carbonyl (C=O) groups is 2. The zero-order chi connectivity index (χ0) is 21.0. The van der Waals surface area contributed by atoms with Crippen LogP contribution in [0.4, 0.5) is 0 Å². The van der Waals surface area contributed by atoms with Gasteiger partial charge in [-0.15, -0.1) is 0 Å². The van der Waals surface area contributed by atoms with Crippen molar-refractivity contribution < 1.29 is 28.5 Å². The summed E-state index contributed by atoms with van der Waals surface area (Å²) >= 11 is 0. The van der Waals surface area contributed by atoms with E-state index in [1.165, 1.54) is 33.5 Å². The van der Waals surface area contributed by atoms with Crippen molar-refractivity contribution in [2.75, 3.05) is 21.3 Å². The molecule has 0 saturated carbocycles. The van der Waals surface area contributed by atoms with E-state index in [2.05, 4.69) is 0 Å². The van der Waals surface area contributed by atoms with Gasteiger partial charge in [0.05, 0.1) is 21.3 Å². The zero-order valence-electron chi connectivity index (χ0n) is 17.3. The minimum absolute atomic E-state index is 0.150. The van der Waals surface area contributed by atoms with Crippen molar-refractivity contribution in [1.82, 2.24) is 0 Å². The molecule has 150 valence electrons. The third-order valence-electron chi connectivity index (χ3n) is 4.68. The SMILES string of the molecule is COc1cc(OC)c(C(=O)O[C@H](C)C(=O)c2cc(C)c(C)cc2C)cc1OC.